The van der Waals surface area contributed by atoms with Gasteiger partial charge >= 0.3 is 0 Å². The lowest BCUT2D eigenvalue weighted by molar-refractivity contribution is 0.0954. The lowest BCUT2D eigenvalue weighted by Gasteiger charge is -2.15. The molecule has 0 radical (unpaired) electrons. The van der Waals surface area contributed by atoms with E-state index in [1.807, 2.05) is 6.92 Å². The minimum atomic E-state index is -0.136. The number of amides is 1. The number of pyridine rings is 1. The Kier molecular flexibility index (Phi) is 14.9. The number of nitrogens with zero attached hydrogens (tertiary/aromatic N) is 2. The van der Waals surface area contributed by atoms with Gasteiger partial charge in [0.25, 0.3) is 5.91 Å². The molecule has 0 aliphatic rings. The highest BCUT2D eigenvalue weighted by atomic mass is 127. The van der Waals surface area contributed by atoms with E-state index in [1.165, 1.54) is 0 Å². The summed E-state index contributed by atoms with van der Waals surface area (Å²) >= 11 is 0. The van der Waals surface area contributed by atoms with Gasteiger partial charge < -0.3 is 21.1 Å². The first-order chi connectivity index (χ1) is 12.2. The quantitative estimate of drug-likeness (QED) is 0.169. The van der Waals surface area contributed by atoms with Gasteiger partial charge in [0.05, 0.1) is 5.56 Å². The van der Waals surface area contributed by atoms with E-state index >= 15 is 0 Å². The molecule has 1 amide bonds. The summed E-state index contributed by atoms with van der Waals surface area (Å²) in [6.07, 6.45) is 6.11. The van der Waals surface area contributed by atoms with Crippen LogP contribution in [0.4, 0.5) is 0 Å². The van der Waals surface area contributed by atoms with Crippen molar-refractivity contribution in [2.75, 3.05) is 32.8 Å². The van der Waals surface area contributed by atoms with E-state index in [-0.39, 0.29) is 36.5 Å². The maximum Gasteiger partial charge on any atom is 0.252 e. The van der Waals surface area contributed by atoms with E-state index in [2.05, 4.69) is 32.9 Å². The van der Waals surface area contributed by atoms with Crippen LogP contribution in [-0.4, -0.2) is 54.7 Å². The zero-order valence-corrected chi connectivity index (χ0v) is 18.0. The Hall–Kier alpha value is -1.42. The van der Waals surface area contributed by atoms with Crippen LogP contribution in [0.15, 0.2) is 29.5 Å². The molecule has 26 heavy (non-hydrogen) atoms. The van der Waals surface area contributed by atoms with Gasteiger partial charge in [-0.3, -0.25) is 14.8 Å². The van der Waals surface area contributed by atoms with Crippen LogP contribution in [0.2, 0.25) is 0 Å². The second kappa shape index (κ2) is 15.8. The number of aliphatic hydroxyl groups is 1. The van der Waals surface area contributed by atoms with E-state index in [0.717, 1.165) is 31.8 Å². The lowest BCUT2D eigenvalue weighted by Crippen LogP contribution is -2.41. The van der Waals surface area contributed by atoms with Crippen LogP contribution >= 0.6 is 24.0 Å². The number of aromatic nitrogens is 1. The summed E-state index contributed by atoms with van der Waals surface area (Å²) < 4.78 is 0. The standard InChI is InChI=1S/C18H31N5O2.HI/c1-3-6-15(8-12-24)13-23-18(20-4-2)22-11-10-21-17(25)16-7-5-9-19-14-16;/h5,7,9,14-15,24H,3-4,6,8,10-13H2,1-2H3,(H,21,25)(H2,20,22,23);1H. The average Bonchev–Trinajstić information content (AvgIpc) is 2.63. The zero-order chi connectivity index (χ0) is 18.3. The molecule has 4 N–H and O–H groups in total. The van der Waals surface area contributed by atoms with Crippen LogP contribution in [0.5, 0.6) is 0 Å². The first-order valence-corrected chi connectivity index (χ1v) is 9.02. The minimum Gasteiger partial charge on any atom is -0.396 e. The first kappa shape index (κ1) is 24.6. The van der Waals surface area contributed by atoms with Crippen molar-refractivity contribution in [1.29, 1.82) is 0 Å². The number of carbonyl (C=O) groups is 1. The number of carbonyl (C=O) groups excluding carboxylic acids is 1. The van der Waals surface area contributed by atoms with Crippen molar-refractivity contribution < 1.29 is 9.90 Å². The third-order valence-corrected chi connectivity index (χ3v) is 3.71. The van der Waals surface area contributed by atoms with E-state index in [0.29, 0.717) is 31.1 Å². The van der Waals surface area contributed by atoms with Gasteiger partial charge in [-0.2, -0.15) is 0 Å². The molecule has 1 aromatic heterocycles. The molecular formula is C18H32IN5O2. The summed E-state index contributed by atoms with van der Waals surface area (Å²) in [7, 11) is 0. The zero-order valence-electron chi connectivity index (χ0n) is 15.7. The largest absolute Gasteiger partial charge is 0.396 e. The fourth-order valence-electron chi connectivity index (χ4n) is 2.44. The van der Waals surface area contributed by atoms with Crippen LogP contribution in [0.25, 0.3) is 0 Å². The molecule has 0 fully saturated rings. The molecule has 0 spiro atoms. The van der Waals surface area contributed by atoms with Crippen LogP contribution in [0, 0.1) is 5.92 Å². The van der Waals surface area contributed by atoms with Gasteiger partial charge in [0, 0.05) is 45.2 Å². The second-order valence-corrected chi connectivity index (χ2v) is 5.81. The first-order valence-electron chi connectivity index (χ1n) is 9.02. The van der Waals surface area contributed by atoms with Crippen molar-refractivity contribution in [3.05, 3.63) is 30.1 Å². The van der Waals surface area contributed by atoms with E-state index in [1.54, 1.807) is 24.5 Å². The lowest BCUT2D eigenvalue weighted by atomic mass is 10.0. The highest BCUT2D eigenvalue weighted by Gasteiger charge is 2.07. The molecule has 0 aliphatic carbocycles. The molecule has 0 bridgehead atoms. The maximum atomic E-state index is 11.9. The number of hydrogen-bond donors (Lipinski definition) is 4. The highest BCUT2D eigenvalue weighted by molar-refractivity contribution is 14.0. The molecule has 0 aromatic carbocycles. The summed E-state index contributed by atoms with van der Waals surface area (Å²) in [6.45, 7) is 6.88. The predicted octanol–water partition coefficient (Wildman–Crippen LogP) is 1.78. The minimum absolute atomic E-state index is 0. The molecular weight excluding hydrogens is 445 g/mol. The van der Waals surface area contributed by atoms with E-state index < -0.39 is 0 Å². The van der Waals surface area contributed by atoms with Gasteiger partial charge in [-0.25, -0.2) is 0 Å². The van der Waals surface area contributed by atoms with Gasteiger partial charge in [0.2, 0.25) is 0 Å². The van der Waals surface area contributed by atoms with Crippen molar-refractivity contribution in [3.63, 3.8) is 0 Å². The number of aliphatic hydroxyl groups excluding tert-OH is 1. The van der Waals surface area contributed by atoms with E-state index in [4.69, 9.17) is 5.11 Å². The number of rotatable bonds is 11. The van der Waals surface area contributed by atoms with Crippen molar-refractivity contribution in [3.8, 4) is 0 Å². The fourth-order valence-corrected chi connectivity index (χ4v) is 2.44. The van der Waals surface area contributed by atoms with Crippen molar-refractivity contribution in [2.45, 2.75) is 33.1 Å². The second-order valence-electron chi connectivity index (χ2n) is 5.81. The van der Waals surface area contributed by atoms with Crippen LogP contribution in [0.1, 0.15) is 43.5 Å². The van der Waals surface area contributed by atoms with Crippen molar-refractivity contribution in [2.24, 2.45) is 10.9 Å². The fraction of sp³-hybridized carbons (Fsp3) is 0.611. The molecule has 8 heteroatoms. The normalized spacial score (nSPS) is 12.0. The molecule has 0 aliphatic heterocycles. The number of nitrogens with one attached hydrogen (secondary N) is 3. The summed E-state index contributed by atoms with van der Waals surface area (Å²) in [5, 5.41) is 18.4. The van der Waals surface area contributed by atoms with Gasteiger partial charge in [-0.15, -0.1) is 24.0 Å². The van der Waals surface area contributed by atoms with Crippen LogP contribution < -0.4 is 16.0 Å². The Morgan fingerprint density at radius 1 is 1.23 bits per heavy atom. The molecule has 7 nitrogen and oxygen atoms in total. The Morgan fingerprint density at radius 3 is 2.62 bits per heavy atom. The molecule has 1 rings (SSSR count). The topological polar surface area (TPSA) is 98.6 Å². The van der Waals surface area contributed by atoms with Crippen molar-refractivity contribution >= 4 is 35.8 Å². The molecule has 1 unspecified atom stereocenters. The predicted molar refractivity (Wildman–Crippen MR) is 116 cm³/mol. The molecule has 1 atom stereocenters. The molecule has 148 valence electrons. The maximum absolute atomic E-state index is 11.9. The van der Waals surface area contributed by atoms with E-state index in [9.17, 15) is 4.79 Å². The van der Waals surface area contributed by atoms with Gasteiger partial charge in [0.15, 0.2) is 5.96 Å². The van der Waals surface area contributed by atoms with Gasteiger partial charge in [-0.05, 0) is 37.8 Å². The highest BCUT2D eigenvalue weighted by Crippen LogP contribution is 2.10. The third-order valence-electron chi connectivity index (χ3n) is 3.71. The SMILES string of the molecule is CCCC(CCO)CN=C(NCC)NCCNC(=O)c1cccnc1.I. The molecule has 1 aromatic rings. The third kappa shape index (κ3) is 10.5. The Labute approximate surface area is 173 Å². The monoisotopic (exact) mass is 477 g/mol. The number of halogens is 1. The number of guanidine groups is 1. The molecule has 0 saturated carbocycles. The molecule has 0 saturated heterocycles. The average molecular weight is 477 g/mol. The Bertz CT molecular complexity index is 508. The molecule has 1 heterocycles. The van der Waals surface area contributed by atoms with Crippen molar-refractivity contribution in [1.82, 2.24) is 20.9 Å². The van der Waals surface area contributed by atoms with Crippen LogP contribution in [-0.2, 0) is 0 Å². The Morgan fingerprint density at radius 2 is 2.00 bits per heavy atom. The number of aliphatic imine (C=N–C) groups is 1. The Balaban J connectivity index is 0.00000625. The van der Waals surface area contributed by atoms with Gasteiger partial charge in [-0.1, -0.05) is 13.3 Å². The summed E-state index contributed by atoms with van der Waals surface area (Å²) in [4.78, 5) is 20.4. The smallest absolute Gasteiger partial charge is 0.252 e. The van der Waals surface area contributed by atoms with Crippen LogP contribution in [0.3, 0.4) is 0 Å². The van der Waals surface area contributed by atoms with Gasteiger partial charge in [0.1, 0.15) is 0 Å². The summed E-state index contributed by atoms with van der Waals surface area (Å²) in [6, 6.07) is 3.47. The summed E-state index contributed by atoms with van der Waals surface area (Å²) in [5.41, 5.74) is 0.550. The number of hydrogen-bond acceptors (Lipinski definition) is 4. The summed E-state index contributed by atoms with van der Waals surface area (Å²) in [5.74, 6) is 0.996.